The number of benzene rings is 1. The molecule has 1 fully saturated rings. The van der Waals surface area contributed by atoms with Gasteiger partial charge in [-0.05, 0) is 43.0 Å². The highest BCUT2D eigenvalue weighted by Crippen LogP contribution is 2.28. The van der Waals surface area contributed by atoms with E-state index in [0.29, 0.717) is 34.4 Å². The molecule has 4 rings (SSSR count). The van der Waals surface area contributed by atoms with Gasteiger partial charge in [0.05, 0.1) is 25.3 Å². The Labute approximate surface area is 182 Å². The van der Waals surface area contributed by atoms with E-state index in [1.165, 1.54) is 30.6 Å². The van der Waals surface area contributed by atoms with Crippen molar-refractivity contribution < 1.29 is 23.2 Å². The minimum absolute atomic E-state index is 0.0110. The number of amides is 1. The van der Waals surface area contributed by atoms with Crippen molar-refractivity contribution in [3.8, 4) is 11.4 Å². The fourth-order valence-electron chi connectivity index (χ4n) is 3.60. The van der Waals surface area contributed by atoms with Crippen molar-refractivity contribution in [1.29, 1.82) is 0 Å². The lowest BCUT2D eigenvalue weighted by atomic mass is 9.98. The van der Waals surface area contributed by atoms with Crippen LogP contribution in [-0.4, -0.2) is 53.7 Å². The quantitative estimate of drug-likeness (QED) is 0.581. The molecule has 0 saturated carbocycles. The summed E-state index contributed by atoms with van der Waals surface area (Å²) >= 11 is 1.22. The summed E-state index contributed by atoms with van der Waals surface area (Å²) < 4.78 is 23.6. The molecule has 0 bridgehead atoms. The Balaban J connectivity index is 1.37. The summed E-state index contributed by atoms with van der Waals surface area (Å²) in [7, 11) is 1.30. The number of hydrogen-bond acceptors (Lipinski definition) is 8. The first-order valence-electron chi connectivity index (χ1n) is 9.81. The number of likely N-dealkylation sites (tertiary alicyclic amines) is 1. The first-order valence-corrected chi connectivity index (χ1v) is 10.7. The van der Waals surface area contributed by atoms with Crippen LogP contribution < -0.4 is 5.32 Å². The Morgan fingerprint density at radius 1 is 1.39 bits per heavy atom. The van der Waals surface area contributed by atoms with Gasteiger partial charge in [-0.25, -0.2) is 9.18 Å². The van der Waals surface area contributed by atoms with Crippen LogP contribution in [0.4, 0.5) is 10.1 Å². The van der Waals surface area contributed by atoms with Gasteiger partial charge in [0.2, 0.25) is 17.6 Å². The lowest BCUT2D eigenvalue weighted by Gasteiger charge is -2.30. The van der Waals surface area contributed by atoms with Crippen molar-refractivity contribution in [2.75, 3.05) is 32.1 Å². The van der Waals surface area contributed by atoms with Crippen molar-refractivity contribution in [3.63, 3.8) is 0 Å². The smallest absolute Gasteiger partial charge is 0.350 e. The van der Waals surface area contributed by atoms with Crippen LogP contribution >= 0.6 is 11.3 Å². The highest BCUT2D eigenvalue weighted by atomic mass is 32.1. The zero-order chi connectivity index (χ0) is 21.8. The van der Waals surface area contributed by atoms with E-state index < -0.39 is 5.97 Å². The van der Waals surface area contributed by atoms with E-state index in [-0.39, 0.29) is 24.2 Å². The first kappa shape index (κ1) is 21.1. The summed E-state index contributed by atoms with van der Waals surface area (Å²) in [4.78, 5) is 31.1. The second kappa shape index (κ2) is 9.36. The van der Waals surface area contributed by atoms with E-state index in [0.717, 1.165) is 19.4 Å². The molecular formula is C21H21FN4O4S. The molecule has 3 heterocycles. The molecule has 0 radical (unpaired) electrons. The van der Waals surface area contributed by atoms with Crippen molar-refractivity contribution in [2.45, 2.75) is 18.8 Å². The van der Waals surface area contributed by atoms with E-state index in [9.17, 15) is 14.0 Å². The predicted octanol–water partition coefficient (Wildman–Crippen LogP) is 3.54. The largest absolute Gasteiger partial charge is 0.465 e. The Hall–Kier alpha value is -3.11. The molecular weight excluding hydrogens is 423 g/mol. The van der Waals surface area contributed by atoms with Crippen molar-refractivity contribution in [2.24, 2.45) is 0 Å². The van der Waals surface area contributed by atoms with Gasteiger partial charge in [0.1, 0.15) is 10.7 Å². The number of rotatable bonds is 6. The highest BCUT2D eigenvalue weighted by Gasteiger charge is 2.27. The first-order chi connectivity index (χ1) is 15.0. The molecule has 1 aliphatic heterocycles. The predicted molar refractivity (Wildman–Crippen MR) is 112 cm³/mol. The lowest BCUT2D eigenvalue weighted by Crippen LogP contribution is -2.40. The molecule has 1 aliphatic rings. The van der Waals surface area contributed by atoms with Crippen LogP contribution in [0.1, 0.15) is 34.3 Å². The van der Waals surface area contributed by atoms with Crippen LogP contribution in [0.2, 0.25) is 0 Å². The van der Waals surface area contributed by atoms with E-state index >= 15 is 0 Å². The molecule has 31 heavy (non-hydrogen) atoms. The van der Waals surface area contributed by atoms with Crippen molar-refractivity contribution in [1.82, 2.24) is 15.0 Å². The average molecular weight is 444 g/mol. The number of carbonyl (C=O) groups is 2. The SMILES string of the molecule is COC(=O)c1sccc1NC(=O)CN1CCCC(c2nc(-c3cccc(F)c3)no2)C1. The second-order valence-corrected chi connectivity index (χ2v) is 8.16. The maximum atomic E-state index is 13.5. The van der Waals surface area contributed by atoms with Gasteiger partial charge < -0.3 is 14.6 Å². The van der Waals surface area contributed by atoms with Crippen LogP contribution in [0.3, 0.4) is 0 Å². The van der Waals surface area contributed by atoms with Crippen LogP contribution in [0.15, 0.2) is 40.2 Å². The maximum absolute atomic E-state index is 13.5. The molecule has 1 saturated heterocycles. The number of nitrogens with one attached hydrogen (secondary N) is 1. The van der Waals surface area contributed by atoms with Gasteiger partial charge in [-0.1, -0.05) is 17.3 Å². The van der Waals surface area contributed by atoms with Crippen molar-refractivity contribution in [3.05, 3.63) is 52.3 Å². The van der Waals surface area contributed by atoms with Gasteiger partial charge >= 0.3 is 5.97 Å². The minimum Gasteiger partial charge on any atom is -0.465 e. The van der Waals surface area contributed by atoms with Gasteiger partial charge in [-0.3, -0.25) is 9.69 Å². The Morgan fingerprint density at radius 2 is 2.26 bits per heavy atom. The zero-order valence-corrected chi connectivity index (χ0v) is 17.7. The third-order valence-electron chi connectivity index (χ3n) is 5.06. The number of nitrogens with zero attached hydrogens (tertiary/aromatic N) is 3. The standard InChI is InChI=1S/C21H21FN4O4S/c1-29-21(28)18-16(7-9-31-18)23-17(27)12-26-8-3-5-14(11-26)20-24-19(25-30-20)13-4-2-6-15(22)10-13/h2,4,6-7,9-10,14H,3,5,8,11-12H2,1H3,(H,23,27). The minimum atomic E-state index is -0.478. The molecule has 0 spiro atoms. The van der Waals surface area contributed by atoms with Crippen LogP contribution in [0, 0.1) is 5.82 Å². The van der Waals surface area contributed by atoms with Gasteiger partial charge in [0.25, 0.3) is 0 Å². The molecule has 1 unspecified atom stereocenters. The topological polar surface area (TPSA) is 97.6 Å². The molecule has 0 aliphatic carbocycles. The Kier molecular flexibility index (Phi) is 6.38. The van der Waals surface area contributed by atoms with Crippen LogP contribution in [0.5, 0.6) is 0 Å². The number of thiophene rings is 1. The third kappa shape index (κ3) is 4.97. The van der Waals surface area contributed by atoms with Gasteiger partial charge in [-0.15, -0.1) is 11.3 Å². The lowest BCUT2D eigenvalue weighted by molar-refractivity contribution is -0.117. The number of ether oxygens (including phenoxy) is 1. The number of esters is 1. The average Bonchev–Trinajstić information content (AvgIpc) is 3.43. The molecule has 1 aromatic carbocycles. The number of hydrogen-bond donors (Lipinski definition) is 1. The monoisotopic (exact) mass is 444 g/mol. The number of aromatic nitrogens is 2. The summed E-state index contributed by atoms with van der Waals surface area (Å²) in [5.74, 6) is -0.237. The Morgan fingerprint density at radius 3 is 3.06 bits per heavy atom. The molecule has 3 aromatic rings. The summed E-state index contributed by atoms with van der Waals surface area (Å²) in [6.07, 6.45) is 1.74. The van der Waals surface area contributed by atoms with E-state index in [1.807, 2.05) is 4.90 Å². The van der Waals surface area contributed by atoms with Crippen molar-refractivity contribution >= 4 is 28.9 Å². The summed E-state index contributed by atoms with van der Waals surface area (Å²) in [6, 6.07) is 7.72. The molecule has 10 heteroatoms. The number of piperidine rings is 1. The normalized spacial score (nSPS) is 16.8. The van der Waals surface area contributed by atoms with E-state index in [1.54, 1.807) is 23.6 Å². The third-order valence-corrected chi connectivity index (χ3v) is 5.95. The Bertz CT molecular complexity index is 1080. The summed E-state index contributed by atoms with van der Waals surface area (Å²) in [6.45, 7) is 1.53. The fraction of sp³-hybridized carbons (Fsp3) is 0.333. The fourth-order valence-corrected chi connectivity index (χ4v) is 4.36. The molecule has 8 nitrogen and oxygen atoms in total. The van der Waals surface area contributed by atoms with E-state index in [2.05, 4.69) is 15.5 Å². The summed E-state index contributed by atoms with van der Waals surface area (Å²) in [5, 5.41) is 8.49. The van der Waals surface area contributed by atoms with Crippen LogP contribution in [-0.2, 0) is 9.53 Å². The molecule has 1 amide bonds. The highest BCUT2D eigenvalue weighted by molar-refractivity contribution is 7.12. The maximum Gasteiger partial charge on any atom is 0.350 e. The molecule has 2 aromatic heterocycles. The molecule has 1 atom stereocenters. The van der Waals surface area contributed by atoms with Crippen LogP contribution in [0.25, 0.3) is 11.4 Å². The number of halogens is 1. The van der Waals surface area contributed by atoms with Gasteiger partial charge in [0, 0.05) is 12.1 Å². The zero-order valence-electron chi connectivity index (χ0n) is 16.8. The van der Waals surface area contributed by atoms with Gasteiger partial charge in [0.15, 0.2) is 0 Å². The van der Waals surface area contributed by atoms with Gasteiger partial charge in [-0.2, -0.15) is 4.98 Å². The van der Waals surface area contributed by atoms with E-state index in [4.69, 9.17) is 9.26 Å². The molecule has 162 valence electrons. The number of carbonyl (C=O) groups excluding carboxylic acids is 2. The number of methoxy groups -OCH3 is 1. The second-order valence-electron chi connectivity index (χ2n) is 7.24. The summed E-state index contributed by atoms with van der Waals surface area (Å²) in [5.41, 5.74) is 1.01. The number of anilines is 1. The molecule has 1 N–H and O–H groups in total.